The summed E-state index contributed by atoms with van der Waals surface area (Å²) in [6.45, 7) is 1.59. The van der Waals surface area contributed by atoms with E-state index in [0.717, 1.165) is 0 Å². The highest BCUT2D eigenvalue weighted by molar-refractivity contribution is 7.74. The number of para-hydroxylation sites is 1. The molecule has 1 aliphatic rings. The highest BCUT2D eigenvalue weighted by atomic mass is 32.2. The molecule has 2 N–H and O–H groups in total. The molecular weight excluding hydrogens is 304 g/mol. The van der Waals surface area contributed by atoms with Crippen molar-refractivity contribution in [2.24, 2.45) is 0 Å². The molecule has 2 rings (SSSR count). The van der Waals surface area contributed by atoms with Gasteiger partial charge in [-0.1, -0.05) is 24.3 Å². The number of urea groups is 1. The van der Waals surface area contributed by atoms with E-state index < -0.39 is 23.0 Å². The fraction of sp³-hybridized carbons (Fsp3) is 0.133. The molecule has 0 bridgehead atoms. The molecule has 2 atom stereocenters. The molecule has 1 aliphatic carbocycles. The van der Waals surface area contributed by atoms with E-state index in [0.29, 0.717) is 11.4 Å². The summed E-state index contributed by atoms with van der Waals surface area (Å²) in [4.78, 5) is 11.9. The number of hydrogen-bond acceptors (Lipinski definition) is 4. The van der Waals surface area contributed by atoms with Crippen molar-refractivity contribution >= 4 is 23.1 Å². The number of carbonyl (C=O) groups is 1. The van der Waals surface area contributed by atoms with E-state index >= 15 is 0 Å². The third-order valence-electron chi connectivity index (χ3n) is 2.83. The Labute approximate surface area is 131 Å². The number of amides is 2. The average Bonchev–Trinajstić information content (AvgIpc) is 2.61. The molecule has 22 heavy (non-hydrogen) atoms. The first-order valence-electron chi connectivity index (χ1n) is 6.47. The summed E-state index contributed by atoms with van der Waals surface area (Å²) in [5, 5.41) is 5.35. The minimum atomic E-state index is -2.63. The first-order valence-corrected chi connectivity index (χ1v) is 7.47. The van der Waals surface area contributed by atoms with Gasteiger partial charge in [0, 0.05) is 11.4 Å². The van der Waals surface area contributed by atoms with Gasteiger partial charge in [-0.05, 0) is 43.4 Å². The van der Waals surface area contributed by atoms with E-state index in [-0.39, 0.29) is 0 Å². The molecule has 0 fully saturated rings. The van der Waals surface area contributed by atoms with E-state index in [2.05, 4.69) is 10.6 Å². The normalized spacial score (nSPS) is 21.6. The summed E-state index contributed by atoms with van der Waals surface area (Å²) in [6, 6.07) is 8.62. The Morgan fingerprint density at radius 2 is 1.95 bits per heavy atom. The van der Waals surface area contributed by atoms with Gasteiger partial charge >= 0.3 is 6.03 Å². The van der Waals surface area contributed by atoms with Crippen molar-refractivity contribution in [3.8, 4) is 0 Å². The zero-order chi connectivity index (χ0) is 16.0. The van der Waals surface area contributed by atoms with Crippen LogP contribution in [0.25, 0.3) is 0 Å². The van der Waals surface area contributed by atoms with Crippen LogP contribution in [-0.4, -0.2) is 20.4 Å². The van der Waals surface area contributed by atoms with Crippen LogP contribution < -0.4 is 10.6 Å². The number of benzene rings is 1. The highest BCUT2D eigenvalue weighted by Gasteiger charge is 2.20. The lowest BCUT2D eigenvalue weighted by Gasteiger charge is -2.22. The van der Waals surface area contributed by atoms with Crippen LogP contribution in [0.3, 0.4) is 0 Å². The predicted molar refractivity (Wildman–Crippen MR) is 83.4 cm³/mol. The van der Waals surface area contributed by atoms with E-state index in [1.165, 1.54) is 0 Å². The first-order chi connectivity index (χ1) is 10.5. The minimum Gasteiger partial charge on any atom is -0.750 e. The molecule has 0 saturated heterocycles. The Bertz CT molecular complexity index is 655. The fourth-order valence-electron chi connectivity index (χ4n) is 1.81. The van der Waals surface area contributed by atoms with E-state index in [9.17, 15) is 13.6 Å². The molecule has 0 aromatic heterocycles. The van der Waals surface area contributed by atoms with Crippen LogP contribution >= 0.6 is 0 Å². The Hall–Kier alpha value is -2.22. The largest absolute Gasteiger partial charge is 0.750 e. The van der Waals surface area contributed by atoms with Gasteiger partial charge in [-0.2, -0.15) is 0 Å². The monoisotopic (exact) mass is 319 g/mol. The number of hydrogen-bond donors (Lipinski definition) is 2. The molecule has 0 radical (unpaired) electrons. The topological polar surface area (TPSA) is 90.5 Å². The standard InChI is InChI=1S/C15H16N2O4S/c1-15(21-22(19)20)10-5-8-13(9-11-15)17-14(18)16-12-6-3-2-4-7-12/h2-11H,1H3,(H,19,20)(H2,16,17,18)/p-1. The molecule has 1 aromatic rings. The van der Waals surface area contributed by atoms with Crippen LogP contribution in [0.5, 0.6) is 0 Å². The summed E-state index contributed by atoms with van der Waals surface area (Å²) in [5.41, 5.74) is 0.0972. The third-order valence-corrected chi connectivity index (χ3v) is 3.33. The smallest absolute Gasteiger partial charge is 0.323 e. The van der Waals surface area contributed by atoms with Crippen molar-refractivity contribution in [1.29, 1.82) is 0 Å². The highest BCUT2D eigenvalue weighted by Crippen LogP contribution is 2.19. The maximum Gasteiger partial charge on any atom is 0.323 e. The second-order valence-corrected chi connectivity index (χ2v) is 5.31. The Morgan fingerprint density at radius 3 is 2.64 bits per heavy atom. The van der Waals surface area contributed by atoms with Crippen molar-refractivity contribution in [2.75, 3.05) is 5.32 Å². The number of carbonyl (C=O) groups excluding carboxylic acids is 1. The number of rotatable bonds is 4. The second kappa shape index (κ2) is 7.17. The van der Waals surface area contributed by atoms with Gasteiger partial charge in [0.1, 0.15) is 5.60 Å². The molecule has 0 aliphatic heterocycles. The maximum absolute atomic E-state index is 11.9. The van der Waals surface area contributed by atoms with Gasteiger partial charge in [0.05, 0.1) is 11.4 Å². The lowest BCUT2D eigenvalue weighted by molar-refractivity contribution is 0.192. The average molecular weight is 319 g/mol. The van der Waals surface area contributed by atoms with Crippen molar-refractivity contribution in [3.05, 3.63) is 66.4 Å². The van der Waals surface area contributed by atoms with Gasteiger partial charge in [0.2, 0.25) is 0 Å². The molecule has 0 saturated carbocycles. The van der Waals surface area contributed by atoms with Crippen molar-refractivity contribution in [2.45, 2.75) is 12.5 Å². The van der Waals surface area contributed by atoms with E-state index in [1.807, 2.05) is 18.2 Å². The van der Waals surface area contributed by atoms with E-state index in [1.54, 1.807) is 49.4 Å². The zero-order valence-electron chi connectivity index (χ0n) is 11.8. The Balaban J connectivity index is 1.98. The maximum atomic E-state index is 11.9. The molecule has 6 nitrogen and oxygen atoms in total. The summed E-state index contributed by atoms with van der Waals surface area (Å²) in [5.74, 6) is 0. The second-order valence-electron chi connectivity index (χ2n) is 4.73. The predicted octanol–water partition coefficient (Wildman–Crippen LogP) is 2.39. The van der Waals surface area contributed by atoms with Crippen molar-refractivity contribution in [3.63, 3.8) is 0 Å². The van der Waals surface area contributed by atoms with Gasteiger partial charge in [-0.15, -0.1) is 0 Å². The zero-order valence-corrected chi connectivity index (χ0v) is 12.6. The summed E-state index contributed by atoms with van der Waals surface area (Å²) in [6.07, 6.45) is 7.95. The van der Waals surface area contributed by atoms with E-state index in [4.69, 9.17) is 4.18 Å². The third kappa shape index (κ3) is 4.96. The fourth-order valence-corrected chi connectivity index (χ4v) is 2.21. The molecular formula is C15H15N2O4S-. The molecule has 0 heterocycles. The summed E-state index contributed by atoms with van der Waals surface area (Å²) in [7, 11) is 0. The lowest BCUT2D eigenvalue weighted by Crippen LogP contribution is -2.28. The molecule has 7 heteroatoms. The lowest BCUT2D eigenvalue weighted by atomic mass is 10.1. The Kier molecular flexibility index (Phi) is 5.26. The van der Waals surface area contributed by atoms with Crippen molar-refractivity contribution in [1.82, 2.24) is 5.32 Å². The molecule has 116 valence electrons. The quantitative estimate of drug-likeness (QED) is 0.834. The van der Waals surface area contributed by atoms with Crippen molar-refractivity contribution < 1.29 is 17.7 Å². The van der Waals surface area contributed by atoms with Gasteiger partial charge in [0.15, 0.2) is 0 Å². The first kappa shape index (κ1) is 16.2. The minimum absolute atomic E-state index is 0.396. The van der Waals surface area contributed by atoms with Crippen LogP contribution in [0.1, 0.15) is 6.92 Å². The van der Waals surface area contributed by atoms with Gasteiger partial charge < -0.3 is 15.2 Å². The van der Waals surface area contributed by atoms with Crippen LogP contribution in [-0.2, 0) is 15.5 Å². The Morgan fingerprint density at radius 1 is 1.23 bits per heavy atom. The number of allylic oxidation sites excluding steroid dienone is 3. The van der Waals surface area contributed by atoms with Gasteiger partial charge in [-0.3, -0.25) is 4.18 Å². The van der Waals surface area contributed by atoms with Crippen LogP contribution in [0.2, 0.25) is 0 Å². The SMILES string of the molecule is CC1(OS(=O)[O-])C=CC=C(NC(=O)Nc2ccccc2)C=C1. The van der Waals surface area contributed by atoms with Crippen LogP contribution in [0.15, 0.2) is 66.4 Å². The number of anilines is 1. The summed E-state index contributed by atoms with van der Waals surface area (Å²) < 4.78 is 26.1. The van der Waals surface area contributed by atoms with Crippen LogP contribution in [0, 0.1) is 0 Å². The molecule has 0 spiro atoms. The van der Waals surface area contributed by atoms with Crippen LogP contribution in [0.4, 0.5) is 10.5 Å². The molecule has 2 amide bonds. The van der Waals surface area contributed by atoms with Gasteiger partial charge in [0.25, 0.3) is 0 Å². The summed E-state index contributed by atoms with van der Waals surface area (Å²) >= 11 is -2.63. The molecule has 2 unspecified atom stereocenters. The molecule has 1 aromatic carbocycles. The number of nitrogens with one attached hydrogen (secondary N) is 2. The van der Waals surface area contributed by atoms with Gasteiger partial charge in [-0.25, -0.2) is 9.00 Å².